The molecule has 5 rings (SSSR count). The van der Waals surface area contributed by atoms with E-state index in [2.05, 4.69) is 39.6 Å². The maximum absolute atomic E-state index is 13.4. The molecule has 4 aliphatic carbocycles. The molecule has 1 saturated heterocycles. The largest absolute Gasteiger partial charge is 0.340 e. The van der Waals surface area contributed by atoms with Crippen LogP contribution in [-0.2, 0) is 4.79 Å². The molecule has 5 fully saturated rings. The third-order valence-electron chi connectivity index (χ3n) is 6.73. The zero-order valence-electron chi connectivity index (χ0n) is 14.7. The minimum atomic E-state index is -0.0200. The van der Waals surface area contributed by atoms with Gasteiger partial charge in [-0.25, -0.2) is 0 Å². The van der Waals surface area contributed by atoms with E-state index in [1.54, 1.807) is 0 Å². The van der Waals surface area contributed by atoms with E-state index < -0.39 is 0 Å². The zero-order chi connectivity index (χ0) is 16.2. The number of hydrogen-bond acceptors (Lipinski definition) is 2. The fourth-order valence-corrected chi connectivity index (χ4v) is 7.84. The van der Waals surface area contributed by atoms with Gasteiger partial charge in [0.2, 0.25) is 5.91 Å². The van der Waals surface area contributed by atoms with Gasteiger partial charge in [0.1, 0.15) is 0 Å². The fraction of sp³-hybridized carbons (Fsp3) is 0.947. The van der Waals surface area contributed by atoms with Crippen LogP contribution in [0.15, 0.2) is 0 Å². The van der Waals surface area contributed by atoms with Crippen LogP contribution in [0, 0.1) is 23.2 Å². The molecular formula is C19H31BrN2O. The van der Waals surface area contributed by atoms with Gasteiger partial charge < -0.3 is 4.90 Å². The Morgan fingerprint density at radius 3 is 2.22 bits per heavy atom. The summed E-state index contributed by atoms with van der Waals surface area (Å²) in [6, 6.07) is 0. The lowest BCUT2D eigenvalue weighted by Crippen LogP contribution is -2.61. The van der Waals surface area contributed by atoms with Crippen molar-refractivity contribution < 1.29 is 4.79 Å². The van der Waals surface area contributed by atoms with Gasteiger partial charge in [-0.15, -0.1) is 0 Å². The highest BCUT2D eigenvalue weighted by atomic mass is 79.9. The van der Waals surface area contributed by atoms with Crippen LogP contribution in [0.3, 0.4) is 0 Å². The van der Waals surface area contributed by atoms with Crippen LogP contribution >= 0.6 is 15.9 Å². The van der Waals surface area contributed by atoms with E-state index in [4.69, 9.17) is 0 Å². The fourth-order valence-electron chi connectivity index (χ4n) is 6.39. The summed E-state index contributed by atoms with van der Waals surface area (Å²) in [6.45, 7) is 9.74. The van der Waals surface area contributed by atoms with E-state index in [9.17, 15) is 4.79 Å². The molecule has 0 aromatic rings. The lowest BCUT2D eigenvalue weighted by molar-refractivity contribution is -0.157. The molecule has 0 aromatic carbocycles. The summed E-state index contributed by atoms with van der Waals surface area (Å²) in [5.74, 6) is 2.80. The van der Waals surface area contributed by atoms with Crippen LogP contribution in [0.4, 0.5) is 0 Å². The normalized spacial score (nSPS) is 43.4. The van der Waals surface area contributed by atoms with E-state index >= 15 is 0 Å². The summed E-state index contributed by atoms with van der Waals surface area (Å²) in [6.07, 6.45) is 7.42. The van der Waals surface area contributed by atoms with Gasteiger partial charge >= 0.3 is 0 Å². The molecule has 3 nitrogen and oxygen atoms in total. The minimum absolute atomic E-state index is 0.0200. The number of hydrogen-bond donors (Lipinski definition) is 0. The van der Waals surface area contributed by atoms with Crippen molar-refractivity contribution in [3.8, 4) is 0 Å². The Balaban J connectivity index is 1.44. The summed E-state index contributed by atoms with van der Waals surface area (Å²) in [7, 11) is 0. The van der Waals surface area contributed by atoms with Crippen molar-refractivity contribution in [3.05, 3.63) is 0 Å². The SMILES string of the molecule is CC(C)CN1CCN(C(=O)C23CC4CC(CC(Br)(C4)C2)C3)CC1. The molecule has 1 aliphatic heterocycles. The van der Waals surface area contributed by atoms with Crippen molar-refractivity contribution in [3.63, 3.8) is 0 Å². The summed E-state index contributed by atoms with van der Waals surface area (Å²) < 4.78 is 0.284. The summed E-state index contributed by atoms with van der Waals surface area (Å²) >= 11 is 4.04. The number of halogens is 1. The van der Waals surface area contributed by atoms with Crippen LogP contribution in [-0.4, -0.2) is 52.8 Å². The third kappa shape index (κ3) is 2.99. The lowest BCUT2D eigenvalue weighted by Gasteiger charge is -2.60. The first-order valence-electron chi connectivity index (χ1n) is 9.58. The van der Waals surface area contributed by atoms with Crippen molar-refractivity contribution in [2.45, 2.75) is 56.7 Å². The molecule has 1 heterocycles. The molecule has 2 unspecified atom stereocenters. The van der Waals surface area contributed by atoms with Gasteiger partial charge in [0.05, 0.1) is 5.41 Å². The Hall–Kier alpha value is -0.0900. The second-order valence-electron chi connectivity index (χ2n) is 9.38. The number of nitrogens with zero attached hydrogens (tertiary/aromatic N) is 2. The molecule has 2 atom stereocenters. The standard InChI is InChI=1S/C19H31BrN2O/c1-14(2)12-21-3-5-22(6-4-21)17(23)18-8-15-7-16(9-18)11-19(20,10-15)13-18/h14-16H,3-13H2,1-2H3. The maximum Gasteiger partial charge on any atom is 0.228 e. The molecule has 4 heteroatoms. The average Bonchev–Trinajstić information content (AvgIpc) is 2.44. The third-order valence-corrected chi connectivity index (χ3v) is 7.65. The quantitative estimate of drug-likeness (QED) is 0.697. The van der Waals surface area contributed by atoms with E-state index in [0.717, 1.165) is 44.4 Å². The second kappa shape index (κ2) is 5.72. The van der Waals surface area contributed by atoms with Gasteiger partial charge in [0.15, 0.2) is 0 Å². The highest BCUT2D eigenvalue weighted by Gasteiger charge is 2.60. The number of carbonyl (C=O) groups excluding carboxylic acids is 1. The minimum Gasteiger partial charge on any atom is -0.340 e. The van der Waals surface area contributed by atoms with Crippen LogP contribution in [0.2, 0.25) is 0 Å². The van der Waals surface area contributed by atoms with E-state index in [0.29, 0.717) is 11.8 Å². The first-order chi connectivity index (χ1) is 10.9. The maximum atomic E-state index is 13.4. The van der Waals surface area contributed by atoms with Crippen LogP contribution < -0.4 is 0 Å². The molecule has 0 radical (unpaired) electrons. The van der Waals surface area contributed by atoms with Crippen molar-refractivity contribution >= 4 is 21.8 Å². The number of alkyl halides is 1. The van der Waals surface area contributed by atoms with Crippen molar-refractivity contribution in [2.24, 2.45) is 23.2 Å². The smallest absolute Gasteiger partial charge is 0.228 e. The van der Waals surface area contributed by atoms with Gasteiger partial charge in [-0.1, -0.05) is 29.8 Å². The highest BCUT2D eigenvalue weighted by Crippen LogP contribution is 2.64. The van der Waals surface area contributed by atoms with Crippen molar-refractivity contribution in [1.82, 2.24) is 9.80 Å². The number of amides is 1. The number of rotatable bonds is 3. The first-order valence-corrected chi connectivity index (χ1v) is 10.4. The summed E-state index contributed by atoms with van der Waals surface area (Å²) in [5, 5.41) is 0. The molecule has 5 aliphatic rings. The molecule has 4 bridgehead atoms. The molecule has 0 N–H and O–H groups in total. The Morgan fingerprint density at radius 1 is 1.09 bits per heavy atom. The predicted octanol–water partition coefficient (Wildman–Crippen LogP) is 3.52. The Morgan fingerprint density at radius 2 is 1.70 bits per heavy atom. The van der Waals surface area contributed by atoms with Gasteiger partial charge in [0, 0.05) is 37.0 Å². The second-order valence-corrected chi connectivity index (χ2v) is 11.1. The van der Waals surface area contributed by atoms with E-state index in [-0.39, 0.29) is 9.74 Å². The van der Waals surface area contributed by atoms with Crippen LogP contribution in [0.5, 0.6) is 0 Å². The Bertz CT molecular complexity index is 470. The Kier molecular flexibility index (Phi) is 4.08. The van der Waals surface area contributed by atoms with Crippen LogP contribution in [0.1, 0.15) is 52.4 Å². The Labute approximate surface area is 149 Å². The first kappa shape index (κ1) is 16.4. The number of carbonyl (C=O) groups is 1. The molecule has 0 aromatic heterocycles. The molecule has 4 saturated carbocycles. The number of piperazine rings is 1. The molecular weight excluding hydrogens is 352 g/mol. The summed E-state index contributed by atoms with van der Waals surface area (Å²) in [5.41, 5.74) is -0.0200. The molecule has 0 spiro atoms. The average molecular weight is 383 g/mol. The molecule has 23 heavy (non-hydrogen) atoms. The van der Waals surface area contributed by atoms with E-state index in [1.165, 1.54) is 38.6 Å². The highest BCUT2D eigenvalue weighted by molar-refractivity contribution is 9.10. The molecule has 130 valence electrons. The van der Waals surface area contributed by atoms with Gasteiger partial charge in [0.25, 0.3) is 0 Å². The van der Waals surface area contributed by atoms with Gasteiger partial charge in [-0.3, -0.25) is 9.69 Å². The lowest BCUT2D eigenvalue weighted by atomic mass is 9.49. The predicted molar refractivity (Wildman–Crippen MR) is 96.6 cm³/mol. The van der Waals surface area contributed by atoms with Crippen molar-refractivity contribution in [1.29, 1.82) is 0 Å². The monoisotopic (exact) mass is 382 g/mol. The van der Waals surface area contributed by atoms with Gasteiger partial charge in [-0.2, -0.15) is 0 Å². The molecule has 1 amide bonds. The van der Waals surface area contributed by atoms with Crippen molar-refractivity contribution in [2.75, 3.05) is 32.7 Å². The van der Waals surface area contributed by atoms with E-state index in [1.807, 2.05) is 0 Å². The van der Waals surface area contributed by atoms with Gasteiger partial charge in [-0.05, 0) is 56.3 Å². The zero-order valence-corrected chi connectivity index (χ0v) is 16.3. The topological polar surface area (TPSA) is 23.6 Å². The summed E-state index contributed by atoms with van der Waals surface area (Å²) in [4.78, 5) is 18.1. The van der Waals surface area contributed by atoms with Crippen LogP contribution in [0.25, 0.3) is 0 Å².